The van der Waals surface area contributed by atoms with Crippen LogP contribution in [0.2, 0.25) is 0 Å². The maximum atomic E-state index is 13.5. The molecule has 5 aromatic rings. The van der Waals surface area contributed by atoms with Crippen LogP contribution in [-0.2, 0) is 23.1 Å². The number of nitrogens with one attached hydrogen (secondary N) is 1. The Labute approximate surface area is 219 Å². The van der Waals surface area contributed by atoms with Gasteiger partial charge in [-0.3, -0.25) is 4.79 Å². The number of aryl methyl sites for hydroxylation is 2. The molecule has 1 amide bonds. The van der Waals surface area contributed by atoms with Crippen LogP contribution in [0.5, 0.6) is 0 Å². The molecule has 2 aromatic carbocycles. The van der Waals surface area contributed by atoms with E-state index in [1.165, 1.54) is 41.1 Å². The van der Waals surface area contributed by atoms with Crippen LogP contribution in [0.15, 0.2) is 104 Å². The second-order valence-electron chi connectivity index (χ2n) is 8.79. The number of nitrogens with zero attached hydrogens (tertiary/aromatic N) is 2. The van der Waals surface area contributed by atoms with Gasteiger partial charge in [0.25, 0.3) is 5.91 Å². The molecule has 0 aliphatic rings. The standard InChI is InChI=1S/C28H25N3O6S/c1-19-7-8-21(15-20(19)2)27-16-26(30-37-27)28(32)29-22-9-11-25(12-10-22)38(33,34)31(17-23-5-3-13-35-23)18-24-6-4-14-36-24/h3-16H,17-18H2,1-2H3,(H,29,32). The third-order valence-corrected chi connectivity index (χ3v) is 7.91. The number of amides is 1. The lowest BCUT2D eigenvalue weighted by atomic mass is 10.0. The first-order chi connectivity index (χ1) is 18.3. The molecular weight excluding hydrogens is 506 g/mol. The number of aromatic nitrogens is 1. The number of anilines is 1. The van der Waals surface area contributed by atoms with Crippen LogP contribution in [0.3, 0.4) is 0 Å². The predicted octanol–water partition coefficient (Wildman–Crippen LogP) is 5.79. The molecule has 0 bridgehead atoms. The highest BCUT2D eigenvalue weighted by atomic mass is 32.2. The summed E-state index contributed by atoms with van der Waals surface area (Å²) in [5.41, 5.74) is 3.60. The molecule has 10 heteroatoms. The van der Waals surface area contributed by atoms with Gasteiger partial charge in [-0.15, -0.1) is 0 Å². The summed E-state index contributed by atoms with van der Waals surface area (Å²) in [6.07, 6.45) is 2.98. The van der Waals surface area contributed by atoms with Gasteiger partial charge in [0.2, 0.25) is 10.0 Å². The number of sulfonamides is 1. The van der Waals surface area contributed by atoms with Crippen LogP contribution in [-0.4, -0.2) is 23.8 Å². The van der Waals surface area contributed by atoms with Gasteiger partial charge < -0.3 is 18.7 Å². The second-order valence-corrected chi connectivity index (χ2v) is 10.7. The Balaban J connectivity index is 1.31. The first kappa shape index (κ1) is 25.2. The minimum atomic E-state index is -3.91. The molecule has 0 radical (unpaired) electrons. The highest BCUT2D eigenvalue weighted by Crippen LogP contribution is 2.25. The zero-order valence-electron chi connectivity index (χ0n) is 20.7. The highest BCUT2D eigenvalue weighted by Gasteiger charge is 2.27. The quantitative estimate of drug-likeness (QED) is 0.256. The maximum absolute atomic E-state index is 13.5. The zero-order chi connectivity index (χ0) is 26.7. The minimum Gasteiger partial charge on any atom is -0.468 e. The summed E-state index contributed by atoms with van der Waals surface area (Å²) in [6, 6.07) is 20.2. The van der Waals surface area contributed by atoms with E-state index in [9.17, 15) is 13.2 Å². The predicted molar refractivity (Wildman–Crippen MR) is 140 cm³/mol. The van der Waals surface area contributed by atoms with Crippen molar-refractivity contribution in [1.82, 2.24) is 9.46 Å². The summed E-state index contributed by atoms with van der Waals surface area (Å²) in [5.74, 6) is 0.998. The Bertz CT molecular complexity index is 1600. The van der Waals surface area contributed by atoms with Crippen LogP contribution >= 0.6 is 0 Å². The molecule has 0 saturated heterocycles. The Morgan fingerprint density at radius 1 is 0.868 bits per heavy atom. The summed E-state index contributed by atoms with van der Waals surface area (Å²) in [7, 11) is -3.91. The van der Waals surface area contributed by atoms with Gasteiger partial charge in [-0.1, -0.05) is 17.3 Å². The normalized spacial score (nSPS) is 11.7. The van der Waals surface area contributed by atoms with Crippen molar-refractivity contribution in [3.63, 3.8) is 0 Å². The number of hydrogen-bond acceptors (Lipinski definition) is 7. The van der Waals surface area contributed by atoms with Crippen LogP contribution < -0.4 is 5.32 Å². The average molecular weight is 532 g/mol. The lowest BCUT2D eigenvalue weighted by molar-refractivity contribution is 0.101. The number of rotatable bonds is 9. The first-order valence-corrected chi connectivity index (χ1v) is 13.2. The minimum absolute atomic E-state index is 0.0313. The summed E-state index contributed by atoms with van der Waals surface area (Å²) < 4.78 is 44.3. The van der Waals surface area contributed by atoms with Crippen LogP contribution in [0.25, 0.3) is 11.3 Å². The van der Waals surface area contributed by atoms with E-state index in [4.69, 9.17) is 13.4 Å². The molecule has 0 aliphatic heterocycles. The number of carbonyl (C=O) groups is 1. The van der Waals surface area contributed by atoms with Gasteiger partial charge in [0.15, 0.2) is 11.5 Å². The second kappa shape index (κ2) is 10.5. The molecule has 0 unspecified atom stereocenters. The summed E-state index contributed by atoms with van der Waals surface area (Å²) in [4.78, 5) is 12.8. The van der Waals surface area contributed by atoms with E-state index >= 15 is 0 Å². The largest absolute Gasteiger partial charge is 0.468 e. The first-order valence-electron chi connectivity index (χ1n) is 11.8. The van der Waals surface area contributed by atoms with Crippen molar-refractivity contribution in [2.75, 3.05) is 5.32 Å². The van der Waals surface area contributed by atoms with E-state index in [0.29, 0.717) is 23.0 Å². The fraction of sp³-hybridized carbons (Fsp3) is 0.143. The van der Waals surface area contributed by atoms with Gasteiger partial charge in [0.1, 0.15) is 11.5 Å². The number of hydrogen-bond donors (Lipinski definition) is 1. The van der Waals surface area contributed by atoms with Gasteiger partial charge in [0.05, 0.1) is 30.5 Å². The summed E-state index contributed by atoms with van der Waals surface area (Å²) in [6.45, 7) is 4.08. The molecule has 194 valence electrons. The van der Waals surface area contributed by atoms with Gasteiger partial charge in [-0.05, 0) is 79.6 Å². The van der Waals surface area contributed by atoms with Crippen molar-refractivity contribution in [2.24, 2.45) is 0 Å². The topological polar surface area (TPSA) is 119 Å². The average Bonchev–Trinajstić information content (AvgIpc) is 3.69. The third kappa shape index (κ3) is 5.46. The van der Waals surface area contributed by atoms with Crippen molar-refractivity contribution in [3.8, 4) is 11.3 Å². The number of benzene rings is 2. The molecule has 9 nitrogen and oxygen atoms in total. The molecule has 0 spiro atoms. The fourth-order valence-electron chi connectivity index (χ4n) is 3.85. The maximum Gasteiger partial charge on any atom is 0.277 e. The molecule has 5 rings (SSSR count). The van der Waals surface area contributed by atoms with E-state index in [0.717, 1.165) is 16.7 Å². The van der Waals surface area contributed by atoms with E-state index in [2.05, 4.69) is 10.5 Å². The van der Waals surface area contributed by atoms with Crippen LogP contribution in [0, 0.1) is 13.8 Å². The molecule has 0 atom stereocenters. The molecule has 3 aromatic heterocycles. The van der Waals surface area contributed by atoms with Crippen molar-refractivity contribution >= 4 is 21.6 Å². The number of carbonyl (C=O) groups excluding carboxylic acids is 1. The van der Waals surface area contributed by atoms with Crippen molar-refractivity contribution in [1.29, 1.82) is 0 Å². The smallest absolute Gasteiger partial charge is 0.277 e. The SMILES string of the molecule is Cc1ccc(-c2cc(C(=O)Nc3ccc(S(=O)(=O)N(Cc4ccco4)Cc4ccco4)cc3)no2)cc1C. The lowest BCUT2D eigenvalue weighted by Gasteiger charge is -2.20. The summed E-state index contributed by atoms with van der Waals surface area (Å²) in [5, 5.41) is 6.61. The molecule has 3 heterocycles. The molecule has 38 heavy (non-hydrogen) atoms. The third-order valence-electron chi connectivity index (χ3n) is 6.11. The Kier molecular flexibility index (Phi) is 6.99. The van der Waals surface area contributed by atoms with E-state index in [1.807, 2.05) is 32.0 Å². The van der Waals surface area contributed by atoms with Crippen LogP contribution in [0.4, 0.5) is 5.69 Å². The molecule has 0 fully saturated rings. The molecule has 1 N–H and O–H groups in total. The van der Waals surface area contributed by atoms with Gasteiger partial charge in [0, 0.05) is 17.3 Å². The zero-order valence-corrected chi connectivity index (χ0v) is 21.6. The van der Waals surface area contributed by atoms with Crippen molar-refractivity contribution < 1.29 is 26.6 Å². The van der Waals surface area contributed by atoms with Crippen molar-refractivity contribution in [2.45, 2.75) is 31.8 Å². The Morgan fingerprint density at radius 2 is 1.53 bits per heavy atom. The fourth-order valence-corrected chi connectivity index (χ4v) is 5.22. The molecule has 0 aliphatic carbocycles. The monoisotopic (exact) mass is 531 g/mol. The van der Waals surface area contributed by atoms with E-state index in [1.54, 1.807) is 30.3 Å². The summed E-state index contributed by atoms with van der Waals surface area (Å²) >= 11 is 0. The lowest BCUT2D eigenvalue weighted by Crippen LogP contribution is -2.30. The van der Waals surface area contributed by atoms with E-state index < -0.39 is 15.9 Å². The molecule has 0 saturated carbocycles. The highest BCUT2D eigenvalue weighted by molar-refractivity contribution is 7.89. The molecular formula is C28H25N3O6S. The Morgan fingerprint density at radius 3 is 2.11 bits per heavy atom. The van der Waals surface area contributed by atoms with Gasteiger partial charge in [-0.2, -0.15) is 4.31 Å². The Hall–Kier alpha value is -4.41. The van der Waals surface area contributed by atoms with Gasteiger partial charge in [-0.25, -0.2) is 8.42 Å². The number of furan rings is 2. The van der Waals surface area contributed by atoms with Crippen LogP contribution in [0.1, 0.15) is 33.1 Å². The van der Waals surface area contributed by atoms with Crippen molar-refractivity contribution in [3.05, 3.63) is 114 Å². The van der Waals surface area contributed by atoms with E-state index in [-0.39, 0.29) is 23.7 Å². The van der Waals surface area contributed by atoms with Gasteiger partial charge >= 0.3 is 0 Å².